The molecule has 0 aromatic heterocycles. The van der Waals surface area contributed by atoms with E-state index in [1.165, 1.54) is 0 Å². The minimum absolute atomic E-state index is 0.00892. The van der Waals surface area contributed by atoms with Crippen LogP contribution in [0.25, 0.3) is 0 Å². The van der Waals surface area contributed by atoms with Crippen molar-refractivity contribution in [3.8, 4) is 17.6 Å². The van der Waals surface area contributed by atoms with E-state index in [0.29, 0.717) is 23.7 Å². The molecule has 2 aromatic carbocycles. The first-order chi connectivity index (χ1) is 14.4. The number of hydrogen-bond donors (Lipinski definition) is 1. The number of ether oxygens (including phenoxy) is 3. The van der Waals surface area contributed by atoms with E-state index in [9.17, 15) is 9.59 Å². The van der Waals surface area contributed by atoms with E-state index in [1.807, 2.05) is 43.3 Å². The summed E-state index contributed by atoms with van der Waals surface area (Å²) >= 11 is 0. The van der Waals surface area contributed by atoms with Crippen LogP contribution in [-0.4, -0.2) is 31.2 Å². The van der Waals surface area contributed by atoms with Gasteiger partial charge in [-0.15, -0.1) is 0 Å². The first-order valence-corrected chi connectivity index (χ1v) is 9.76. The minimum atomic E-state index is -0.541. The number of rotatable bonds is 10. The van der Waals surface area contributed by atoms with Crippen LogP contribution in [0, 0.1) is 11.3 Å². The molecule has 0 saturated carbocycles. The predicted octanol–water partition coefficient (Wildman–Crippen LogP) is 3.53. The third-order valence-electron chi connectivity index (χ3n) is 4.01. The van der Waals surface area contributed by atoms with Crippen molar-refractivity contribution in [2.45, 2.75) is 39.3 Å². The zero-order valence-corrected chi connectivity index (χ0v) is 17.4. The third-order valence-corrected chi connectivity index (χ3v) is 4.01. The standard InChI is InChI=1S/C23H26N2O5/c1-4-28-21-12-17(14-24)10-11-20(21)29-15-22(26)25-19(13-23(27)30-16(2)3)18-8-6-5-7-9-18/h5-12,16,19H,4,13,15H2,1-3H3,(H,25,26). The molecule has 0 heterocycles. The molecule has 1 N–H and O–H groups in total. The molecule has 7 heteroatoms. The molecule has 1 amide bonds. The van der Waals surface area contributed by atoms with Crippen LogP contribution >= 0.6 is 0 Å². The summed E-state index contributed by atoms with van der Waals surface area (Å²) < 4.78 is 16.3. The van der Waals surface area contributed by atoms with Gasteiger partial charge in [0.2, 0.25) is 0 Å². The van der Waals surface area contributed by atoms with Gasteiger partial charge in [0.25, 0.3) is 5.91 Å². The van der Waals surface area contributed by atoms with Gasteiger partial charge in [0, 0.05) is 6.07 Å². The van der Waals surface area contributed by atoms with E-state index < -0.39 is 17.9 Å². The molecule has 7 nitrogen and oxygen atoms in total. The Kier molecular flexibility index (Phi) is 8.70. The molecule has 0 aliphatic heterocycles. The normalized spacial score (nSPS) is 11.3. The summed E-state index contributed by atoms with van der Waals surface area (Å²) in [5.74, 6) is -0.0373. The molecule has 0 radical (unpaired) electrons. The molecule has 0 fully saturated rings. The zero-order chi connectivity index (χ0) is 21.9. The van der Waals surface area contributed by atoms with Gasteiger partial charge in [-0.3, -0.25) is 9.59 Å². The van der Waals surface area contributed by atoms with Gasteiger partial charge in [-0.1, -0.05) is 30.3 Å². The van der Waals surface area contributed by atoms with Crippen LogP contribution in [0.5, 0.6) is 11.5 Å². The molecule has 30 heavy (non-hydrogen) atoms. The van der Waals surface area contributed by atoms with E-state index in [2.05, 4.69) is 5.32 Å². The van der Waals surface area contributed by atoms with Crippen molar-refractivity contribution in [3.05, 3.63) is 59.7 Å². The SMILES string of the molecule is CCOc1cc(C#N)ccc1OCC(=O)NC(CC(=O)OC(C)C)c1ccccc1. The van der Waals surface area contributed by atoms with Crippen LogP contribution < -0.4 is 14.8 Å². The van der Waals surface area contributed by atoms with Crippen LogP contribution in [-0.2, 0) is 14.3 Å². The number of nitrogens with one attached hydrogen (secondary N) is 1. The maximum absolute atomic E-state index is 12.5. The Balaban J connectivity index is 2.05. The number of nitriles is 1. The van der Waals surface area contributed by atoms with E-state index in [1.54, 1.807) is 32.0 Å². The summed E-state index contributed by atoms with van der Waals surface area (Å²) in [5, 5.41) is 11.8. The van der Waals surface area contributed by atoms with Crippen molar-refractivity contribution in [1.82, 2.24) is 5.32 Å². The highest BCUT2D eigenvalue weighted by molar-refractivity contribution is 5.79. The lowest BCUT2D eigenvalue weighted by molar-refractivity contribution is -0.148. The largest absolute Gasteiger partial charge is 0.490 e. The number of carbonyl (C=O) groups is 2. The van der Waals surface area contributed by atoms with Gasteiger partial charge in [0.15, 0.2) is 18.1 Å². The molecule has 0 bridgehead atoms. The number of esters is 1. The smallest absolute Gasteiger partial charge is 0.308 e. The van der Waals surface area contributed by atoms with Gasteiger partial charge >= 0.3 is 5.97 Å². The molecule has 1 unspecified atom stereocenters. The Labute approximate surface area is 176 Å². The van der Waals surface area contributed by atoms with Crippen molar-refractivity contribution in [2.24, 2.45) is 0 Å². The second kappa shape index (κ2) is 11.5. The average Bonchev–Trinajstić information content (AvgIpc) is 2.72. The first-order valence-electron chi connectivity index (χ1n) is 9.76. The summed E-state index contributed by atoms with van der Waals surface area (Å²) in [6.07, 6.45) is -0.226. The van der Waals surface area contributed by atoms with Gasteiger partial charge in [-0.05, 0) is 38.5 Å². The first kappa shape index (κ1) is 22.8. The molecule has 2 aromatic rings. The third kappa shape index (κ3) is 7.13. The lowest BCUT2D eigenvalue weighted by Crippen LogP contribution is -2.34. The van der Waals surface area contributed by atoms with Gasteiger partial charge in [0.05, 0.1) is 36.8 Å². The Hall–Kier alpha value is -3.53. The second-order valence-electron chi connectivity index (χ2n) is 6.77. The molecule has 158 valence electrons. The van der Waals surface area contributed by atoms with E-state index >= 15 is 0 Å². The second-order valence-corrected chi connectivity index (χ2v) is 6.77. The lowest BCUT2D eigenvalue weighted by Gasteiger charge is -2.20. The van der Waals surface area contributed by atoms with Crippen LogP contribution in [0.3, 0.4) is 0 Å². The Morgan fingerprint density at radius 2 is 1.80 bits per heavy atom. The summed E-state index contributed by atoms with van der Waals surface area (Å²) in [7, 11) is 0. The maximum atomic E-state index is 12.5. The summed E-state index contributed by atoms with van der Waals surface area (Å²) in [6, 6.07) is 15.4. The van der Waals surface area contributed by atoms with E-state index in [0.717, 1.165) is 5.56 Å². The van der Waals surface area contributed by atoms with Crippen molar-refractivity contribution in [3.63, 3.8) is 0 Å². The molecular formula is C23H26N2O5. The maximum Gasteiger partial charge on any atom is 0.308 e. The quantitative estimate of drug-likeness (QED) is 0.602. The Morgan fingerprint density at radius 1 is 1.07 bits per heavy atom. The summed E-state index contributed by atoms with van der Waals surface area (Å²) in [4.78, 5) is 24.6. The van der Waals surface area contributed by atoms with Crippen LogP contribution in [0.1, 0.15) is 44.4 Å². The fraction of sp³-hybridized carbons (Fsp3) is 0.348. The van der Waals surface area contributed by atoms with Gasteiger partial charge in [-0.2, -0.15) is 5.26 Å². The van der Waals surface area contributed by atoms with E-state index in [-0.39, 0.29) is 19.1 Å². The number of carbonyl (C=O) groups excluding carboxylic acids is 2. The van der Waals surface area contributed by atoms with Crippen molar-refractivity contribution in [1.29, 1.82) is 5.26 Å². The number of nitrogens with zero attached hydrogens (tertiary/aromatic N) is 1. The monoisotopic (exact) mass is 410 g/mol. The Morgan fingerprint density at radius 3 is 2.43 bits per heavy atom. The van der Waals surface area contributed by atoms with Gasteiger partial charge in [-0.25, -0.2) is 0 Å². The summed E-state index contributed by atoms with van der Waals surface area (Å²) in [5.41, 5.74) is 1.22. The predicted molar refractivity (Wildman–Crippen MR) is 111 cm³/mol. The van der Waals surface area contributed by atoms with Gasteiger partial charge in [0.1, 0.15) is 0 Å². The highest BCUT2D eigenvalue weighted by Crippen LogP contribution is 2.28. The molecule has 0 spiro atoms. The van der Waals surface area contributed by atoms with Crippen LogP contribution in [0.4, 0.5) is 0 Å². The molecule has 0 aliphatic carbocycles. The highest BCUT2D eigenvalue weighted by atomic mass is 16.5. The highest BCUT2D eigenvalue weighted by Gasteiger charge is 2.20. The zero-order valence-electron chi connectivity index (χ0n) is 17.4. The summed E-state index contributed by atoms with van der Waals surface area (Å²) in [6.45, 7) is 5.49. The number of benzene rings is 2. The van der Waals surface area contributed by atoms with Crippen molar-refractivity contribution in [2.75, 3.05) is 13.2 Å². The molecule has 0 saturated heterocycles. The Bertz CT molecular complexity index is 890. The van der Waals surface area contributed by atoms with Crippen molar-refractivity contribution >= 4 is 11.9 Å². The fourth-order valence-corrected chi connectivity index (χ4v) is 2.76. The lowest BCUT2D eigenvalue weighted by atomic mass is 10.0. The van der Waals surface area contributed by atoms with Gasteiger partial charge < -0.3 is 19.5 Å². The number of hydrogen-bond acceptors (Lipinski definition) is 6. The van der Waals surface area contributed by atoms with Crippen LogP contribution in [0.15, 0.2) is 48.5 Å². The van der Waals surface area contributed by atoms with E-state index in [4.69, 9.17) is 19.5 Å². The molecule has 1 atom stereocenters. The molecular weight excluding hydrogens is 384 g/mol. The average molecular weight is 410 g/mol. The van der Waals surface area contributed by atoms with Crippen LogP contribution in [0.2, 0.25) is 0 Å². The topological polar surface area (TPSA) is 97.6 Å². The minimum Gasteiger partial charge on any atom is -0.490 e. The molecule has 0 aliphatic rings. The molecule has 2 rings (SSSR count). The van der Waals surface area contributed by atoms with Crippen molar-refractivity contribution < 1.29 is 23.8 Å². The fourth-order valence-electron chi connectivity index (χ4n) is 2.76. The number of amides is 1.